The average molecular weight is 338 g/mol. The quantitative estimate of drug-likeness (QED) is 0.753. The minimum absolute atomic E-state index is 0.568. The Morgan fingerprint density at radius 1 is 1.15 bits per heavy atom. The van der Waals surface area contributed by atoms with Crippen LogP contribution in [-0.2, 0) is 6.42 Å². The molecule has 0 bridgehead atoms. The first-order chi connectivity index (χ1) is 9.63. The molecule has 0 radical (unpaired) electrons. The molecular weight excluding hydrogens is 310 g/mol. The van der Waals surface area contributed by atoms with Gasteiger partial charge in [0.2, 0.25) is 0 Å². The van der Waals surface area contributed by atoms with Gasteiger partial charge in [0.25, 0.3) is 0 Å². The summed E-state index contributed by atoms with van der Waals surface area (Å²) < 4.78 is 1.16. The molecule has 2 rings (SSSR count). The predicted molar refractivity (Wildman–Crippen MR) is 91.0 cm³/mol. The number of benzene rings is 1. The van der Waals surface area contributed by atoms with Crippen molar-refractivity contribution in [1.82, 2.24) is 5.32 Å². The highest BCUT2D eigenvalue weighted by atomic mass is 79.9. The second-order valence-corrected chi connectivity index (χ2v) is 7.52. The van der Waals surface area contributed by atoms with Crippen molar-refractivity contribution in [2.75, 3.05) is 6.54 Å². The van der Waals surface area contributed by atoms with Crippen LogP contribution in [0.25, 0.3) is 0 Å². The number of rotatable bonds is 6. The van der Waals surface area contributed by atoms with Gasteiger partial charge in [-0.2, -0.15) is 0 Å². The lowest BCUT2D eigenvalue weighted by Gasteiger charge is -2.26. The van der Waals surface area contributed by atoms with Gasteiger partial charge in [0, 0.05) is 10.5 Å². The van der Waals surface area contributed by atoms with Crippen molar-refractivity contribution in [3.8, 4) is 0 Å². The Morgan fingerprint density at radius 3 is 2.45 bits per heavy atom. The molecule has 0 heterocycles. The molecule has 0 aliphatic heterocycles. The molecular formula is C18H28BrN. The molecule has 1 aliphatic carbocycles. The van der Waals surface area contributed by atoms with Crippen molar-refractivity contribution in [3.05, 3.63) is 34.3 Å². The Labute approximate surface area is 132 Å². The fourth-order valence-corrected chi connectivity index (χ4v) is 3.46. The van der Waals surface area contributed by atoms with Gasteiger partial charge in [-0.1, -0.05) is 60.7 Å². The van der Waals surface area contributed by atoms with Gasteiger partial charge in [-0.3, -0.25) is 0 Å². The molecule has 1 N–H and O–H groups in total. The van der Waals surface area contributed by atoms with E-state index in [0.717, 1.165) is 22.7 Å². The van der Waals surface area contributed by atoms with Crippen molar-refractivity contribution in [2.24, 2.45) is 11.8 Å². The molecule has 1 unspecified atom stereocenters. The smallest absolute Gasteiger partial charge is 0.0175 e. The summed E-state index contributed by atoms with van der Waals surface area (Å²) in [6.07, 6.45) is 8.26. The van der Waals surface area contributed by atoms with Gasteiger partial charge >= 0.3 is 0 Å². The first kappa shape index (κ1) is 16.0. The first-order valence-corrected chi connectivity index (χ1v) is 8.90. The van der Waals surface area contributed by atoms with Crippen LogP contribution in [0, 0.1) is 11.8 Å². The molecule has 1 nitrogen and oxygen atoms in total. The van der Waals surface area contributed by atoms with Crippen LogP contribution in [0.5, 0.6) is 0 Å². The molecule has 0 amide bonds. The van der Waals surface area contributed by atoms with Gasteiger partial charge in [0.1, 0.15) is 0 Å². The topological polar surface area (TPSA) is 12.0 Å². The summed E-state index contributed by atoms with van der Waals surface area (Å²) in [5, 5.41) is 3.69. The highest BCUT2D eigenvalue weighted by Crippen LogP contribution is 2.29. The summed E-state index contributed by atoms with van der Waals surface area (Å²) in [5.41, 5.74) is 1.42. The maximum atomic E-state index is 3.69. The van der Waals surface area contributed by atoms with E-state index >= 15 is 0 Å². The average Bonchev–Trinajstić information content (AvgIpc) is 2.44. The third kappa shape index (κ3) is 5.57. The van der Waals surface area contributed by atoms with Crippen LogP contribution < -0.4 is 5.32 Å². The summed E-state index contributed by atoms with van der Waals surface area (Å²) in [4.78, 5) is 0. The van der Waals surface area contributed by atoms with E-state index in [2.05, 4.69) is 59.4 Å². The predicted octanol–water partition coefficient (Wildman–Crippen LogP) is 5.19. The van der Waals surface area contributed by atoms with Crippen LogP contribution in [-0.4, -0.2) is 12.6 Å². The molecule has 1 atom stereocenters. The van der Waals surface area contributed by atoms with Crippen LogP contribution >= 0.6 is 15.9 Å². The fourth-order valence-electron chi connectivity index (χ4n) is 3.20. The summed E-state index contributed by atoms with van der Waals surface area (Å²) in [7, 11) is 0. The van der Waals surface area contributed by atoms with E-state index in [1.807, 2.05) is 0 Å². The molecule has 1 fully saturated rings. The number of hydrogen-bond acceptors (Lipinski definition) is 1. The van der Waals surface area contributed by atoms with Crippen LogP contribution in [0.4, 0.5) is 0 Å². The van der Waals surface area contributed by atoms with E-state index in [1.54, 1.807) is 0 Å². The summed E-state index contributed by atoms with van der Waals surface area (Å²) >= 11 is 3.49. The lowest BCUT2D eigenvalue weighted by Crippen LogP contribution is -2.30. The van der Waals surface area contributed by atoms with Gasteiger partial charge in [0.15, 0.2) is 0 Å². The molecule has 20 heavy (non-hydrogen) atoms. The standard InChI is InChI=1S/C18H28BrN/c1-14-3-5-16(6-4-14)11-12-20-15(2)13-17-7-9-18(19)10-8-17/h7-10,14-16,20H,3-6,11-13H2,1-2H3. The molecule has 112 valence electrons. The highest BCUT2D eigenvalue weighted by molar-refractivity contribution is 9.10. The highest BCUT2D eigenvalue weighted by Gasteiger charge is 2.17. The van der Waals surface area contributed by atoms with Crippen molar-refractivity contribution in [2.45, 2.75) is 58.4 Å². The van der Waals surface area contributed by atoms with Crippen molar-refractivity contribution in [3.63, 3.8) is 0 Å². The molecule has 1 aromatic carbocycles. The third-order valence-corrected chi connectivity index (χ3v) is 5.16. The molecule has 2 heteroatoms. The van der Waals surface area contributed by atoms with Gasteiger partial charge in [0.05, 0.1) is 0 Å². The van der Waals surface area contributed by atoms with Crippen molar-refractivity contribution in [1.29, 1.82) is 0 Å². The summed E-state index contributed by atoms with van der Waals surface area (Å²) in [6.45, 7) is 5.87. The Morgan fingerprint density at radius 2 is 1.80 bits per heavy atom. The number of hydrogen-bond donors (Lipinski definition) is 1. The molecule has 1 aromatic rings. The lowest BCUT2D eigenvalue weighted by molar-refractivity contribution is 0.273. The van der Waals surface area contributed by atoms with Crippen LogP contribution in [0.3, 0.4) is 0 Å². The maximum absolute atomic E-state index is 3.69. The zero-order valence-electron chi connectivity index (χ0n) is 12.9. The van der Waals surface area contributed by atoms with E-state index in [0.29, 0.717) is 6.04 Å². The summed E-state index contributed by atoms with van der Waals surface area (Å²) in [6, 6.07) is 9.25. The monoisotopic (exact) mass is 337 g/mol. The number of halogens is 1. The summed E-state index contributed by atoms with van der Waals surface area (Å²) in [5.74, 6) is 1.94. The van der Waals surface area contributed by atoms with E-state index < -0.39 is 0 Å². The molecule has 0 saturated heterocycles. The minimum atomic E-state index is 0.568. The first-order valence-electron chi connectivity index (χ1n) is 8.11. The van der Waals surface area contributed by atoms with Gasteiger partial charge in [-0.15, -0.1) is 0 Å². The van der Waals surface area contributed by atoms with Gasteiger partial charge in [-0.05, 0) is 55.8 Å². The Kier molecular flexibility index (Phi) is 6.57. The third-order valence-electron chi connectivity index (χ3n) is 4.64. The second-order valence-electron chi connectivity index (χ2n) is 6.60. The number of nitrogens with one attached hydrogen (secondary N) is 1. The lowest BCUT2D eigenvalue weighted by atomic mass is 9.81. The minimum Gasteiger partial charge on any atom is -0.314 e. The zero-order valence-corrected chi connectivity index (χ0v) is 14.5. The maximum Gasteiger partial charge on any atom is 0.0175 e. The normalized spacial score (nSPS) is 24.6. The Balaban J connectivity index is 1.62. The van der Waals surface area contributed by atoms with Crippen LogP contribution in [0.15, 0.2) is 28.7 Å². The fraction of sp³-hybridized carbons (Fsp3) is 0.667. The molecule has 0 spiro atoms. The van der Waals surface area contributed by atoms with Gasteiger partial charge < -0.3 is 5.32 Å². The molecule has 1 saturated carbocycles. The van der Waals surface area contributed by atoms with Crippen LogP contribution in [0.2, 0.25) is 0 Å². The Bertz CT molecular complexity index is 379. The van der Waals surface area contributed by atoms with E-state index in [4.69, 9.17) is 0 Å². The second kappa shape index (κ2) is 8.19. The largest absolute Gasteiger partial charge is 0.314 e. The van der Waals surface area contributed by atoms with E-state index in [9.17, 15) is 0 Å². The molecule has 0 aromatic heterocycles. The van der Waals surface area contributed by atoms with E-state index in [-0.39, 0.29) is 0 Å². The van der Waals surface area contributed by atoms with Gasteiger partial charge in [-0.25, -0.2) is 0 Å². The van der Waals surface area contributed by atoms with E-state index in [1.165, 1.54) is 44.2 Å². The SMILES string of the molecule is CC1CCC(CCNC(C)Cc2ccc(Br)cc2)CC1. The van der Waals surface area contributed by atoms with Crippen LogP contribution in [0.1, 0.15) is 51.5 Å². The van der Waals surface area contributed by atoms with Crippen molar-refractivity contribution >= 4 is 15.9 Å². The Hall–Kier alpha value is -0.340. The molecule has 1 aliphatic rings. The van der Waals surface area contributed by atoms with Crippen molar-refractivity contribution < 1.29 is 0 Å². The zero-order chi connectivity index (χ0) is 14.4.